The zero-order valence-corrected chi connectivity index (χ0v) is 11.6. The minimum absolute atomic E-state index is 0.136. The summed E-state index contributed by atoms with van der Waals surface area (Å²) in [6.07, 6.45) is 2.98. The van der Waals surface area contributed by atoms with Crippen LogP contribution in [0.5, 0.6) is 0 Å². The number of rotatable bonds is 5. The van der Waals surface area contributed by atoms with Gasteiger partial charge >= 0.3 is 0 Å². The molecule has 1 aromatic rings. The number of nitrogens with two attached hydrogens (primary N) is 1. The third kappa shape index (κ3) is 3.32. The molecule has 0 bridgehead atoms. The number of hydrogen-bond donors (Lipinski definition) is 1. The molecule has 1 aromatic heterocycles. The Bertz CT molecular complexity index is 430. The quantitative estimate of drug-likeness (QED) is 0.861. The van der Waals surface area contributed by atoms with Crippen molar-refractivity contribution in [2.24, 2.45) is 5.73 Å². The van der Waals surface area contributed by atoms with Gasteiger partial charge in [0, 0.05) is 37.9 Å². The van der Waals surface area contributed by atoms with Crippen LogP contribution in [0.3, 0.4) is 0 Å². The molecular weight excluding hydrogens is 244 g/mol. The van der Waals surface area contributed by atoms with Gasteiger partial charge in [-0.3, -0.25) is 4.79 Å². The van der Waals surface area contributed by atoms with Crippen LogP contribution in [-0.4, -0.2) is 40.1 Å². The van der Waals surface area contributed by atoms with E-state index in [1.54, 1.807) is 0 Å². The number of likely N-dealkylation sites (tertiary alicyclic amines) is 1. The van der Waals surface area contributed by atoms with Crippen molar-refractivity contribution >= 4 is 5.91 Å². The van der Waals surface area contributed by atoms with Crippen LogP contribution in [0.1, 0.15) is 50.7 Å². The SMILES string of the molecule is CC(C)c1noc(CCC(=O)N2CCCC2CN)n1. The standard InChI is InChI=1S/C13H22N4O2/c1-9(2)13-15-11(19-16-13)5-6-12(18)17-7-3-4-10(17)8-14/h9-10H,3-8,14H2,1-2H3. The fourth-order valence-electron chi connectivity index (χ4n) is 2.37. The minimum atomic E-state index is 0.136. The molecule has 0 aliphatic carbocycles. The largest absolute Gasteiger partial charge is 0.339 e. The lowest BCUT2D eigenvalue weighted by Crippen LogP contribution is -2.40. The zero-order valence-electron chi connectivity index (χ0n) is 11.6. The summed E-state index contributed by atoms with van der Waals surface area (Å²) in [5, 5.41) is 3.89. The Kier molecular flexibility index (Phi) is 4.52. The van der Waals surface area contributed by atoms with Gasteiger partial charge in [-0.25, -0.2) is 0 Å². The minimum Gasteiger partial charge on any atom is -0.339 e. The summed E-state index contributed by atoms with van der Waals surface area (Å²) in [5.41, 5.74) is 5.67. The smallest absolute Gasteiger partial charge is 0.227 e. The van der Waals surface area contributed by atoms with Gasteiger partial charge in [0.1, 0.15) is 0 Å². The highest BCUT2D eigenvalue weighted by Crippen LogP contribution is 2.18. The first kappa shape index (κ1) is 14.0. The van der Waals surface area contributed by atoms with Gasteiger partial charge in [0.15, 0.2) is 5.82 Å². The summed E-state index contributed by atoms with van der Waals surface area (Å²) in [6, 6.07) is 0.210. The van der Waals surface area contributed by atoms with Gasteiger partial charge in [-0.05, 0) is 12.8 Å². The summed E-state index contributed by atoms with van der Waals surface area (Å²) < 4.78 is 5.14. The van der Waals surface area contributed by atoms with Crippen molar-refractivity contribution in [3.05, 3.63) is 11.7 Å². The number of nitrogens with zero attached hydrogens (tertiary/aromatic N) is 3. The van der Waals surface area contributed by atoms with Crippen molar-refractivity contribution in [1.82, 2.24) is 15.0 Å². The third-order valence-corrected chi connectivity index (χ3v) is 3.52. The number of aromatic nitrogens is 2. The topological polar surface area (TPSA) is 85.2 Å². The number of carbonyl (C=O) groups excluding carboxylic acids is 1. The molecule has 0 aromatic carbocycles. The number of hydrogen-bond acceptors (Lipinski definition) is 5. The Morgan fingerprint density at radius 1 is 1.58 bits per heavy atom. The number of aryl methyl sites for hydroxylation is 1. The molecular formula is C13H22N4O2. The second-order valence-corrected chi connectivity index (χ2v) is 5.32. The molecule has 19 heavy (non-hydrogen) atoms. The van der Waals surface area contributed by atoms with Gasteiger partial charge in [-0.15, -0.1) is 0 Å². The fourth-order valence-corrected chi connectivity index (χ4v) is 2.37. The zero-order chi connectivity index (χ0) is 13.8. The van der Waals surface area contributed by atoms with Gasteiger partial charge in [-0.1, -0.05) is 19.0 Å². The van der Waals surface area contributed by atoms with E-state index in [0.29, 0.717) is 31.1 Å². The van der Waals surface area contributed by atoms with Crippen molar-refractivity contribution in [3.63, 3.8) is 0 Å². The molecule has 1 amide bonds. The molecule has 0 radical (unpaired) electrons. The summed E-state index contributed by atoms with van der Waals surface area (Å²) in [5.74, 6) is 1.62. The van der Waals surface area contributed by atoms with E-state index in [1.807, 2.05) is 18.7 Å². The van der Waals surface area contributed by atoms with Gasteiger partial charge in [-0.2, -0.15) is 4.98 Å². The van der Waals surface area contributed by atoms with Gasteiger partial charge in [0.2, 0.25) is 11.8 Å². The van der Waals surface area contributed by atoms with Crippen LogP contribution in [0.2, 0.25) is 0 Å². The Labute approximate surface area is 113 Å². The van der Waals surface area contributed by atoms with Crippen LogP contribution in [0, 0.1) is 0 Å². The highest BCUT2D eigenvalue weighted by molar-refractivity contribution is 5.77. The Hall–Kier alpha value is -1.43. The third-order valence-electron chi connectivity index (χ3n) is 3.52. The normalized spacial score (nSPS) is 19.4. The fraction of sp³-hybridized carbons (Fsp3) is 0.769. The highest BCUT2D eigenvalue weighted by Gasteiger charge is 2.27. The van der Waals surface area contributed by atoms with Gasteiger partial charge < -0.3 is 15.2 Å². The Morgan fingerprint density at radius 3 is 3.00 bits per heavy atom. The summed E-state index contributed by atoms with van der Waals surface area (Å²) in [7, 11) is 0. The molecule has 6 nitrogen and oxygen atoms in total. The van der Waals surface area contributed by atoms with E-state index in [4.69, 9.17) is 10.3 Å². The molecule has 1 atom stereocenters. The molecule has 2 heterocycles. The van der Waals surface area contributed by atoms with Crippen molar-refractivity contribution in [3.8, 4) is 0 Å². The summed E-state index contributed by atoms with van der Waals surface area (Å²) >= 11 is 0. The molecule has 106 valence electrons. The van der Waals surface area contributed by atoms with Crippen LogP contribution in [-0.2, 0) is 11.2 Å². The molecule has 1 fully saturated rings. The van der Waals surface area contributed by atoms with E-state index >= 15 is 0 Å². The first-order chi connectivity index (χ1) is 9.11. The maximum absolute atomic E-state index is 12.1. The van der Waals surface area contributed by atoms with Crippen molar-refractivity contribution in [2.75, 3.05) is 13.1 Å². The predicted octanol–water partition coefficient (Wildman–Crippen LogP) is 1.08. The Balaban J connectivity index is 1.85. The molecule has 1 aliphatic heterocycles. The average Bonchev–Trinajstić information content (AvgIpc) is 3.04. The molecule has 2 rings (SSSR count). The second kappa shape index (κ2) is 6.14. The van der Waals surface area contributed by atoms with E-state index in [9.17, 15) is 4.79 Å². The van der Waals surface area contributed by atoms with Crippen molar-refractivity contribution < 1.29 is 9.32 Å². The lowest BCUT2D eigenvalue weighted by Gasteiger charge is -2.23. The van der Waals surface area contributed by atoms with Crippen molar-refractivity contribution in [2.45, 2.75) is 51.5 Å². The lowest BCUT2D eigenvalue weighted by atomic mass is 10.2. The molecule has 1 aliphatic rings. The van der Waals surface area contributed by atoms with E-state index in [0.717, 1.165) is 19.4 Å². The number of amides is 1. The number of carbonyl (C=O) groups is 1. The Morgan fingerprint density at radius 2 is 2.37 bits per heavy atom. The van der Waals surface area contributed by atoms with Crippen LogP contribution in [0.25, 0.3) is 0 Å². The van der Waals surface area contributed by atoms with Gasteiger partial charge in [0.25, 0.3) is 0 Å². The second-order valence-electron chi connectivity index (χ2n) is 5.32. The first-order valence-electron chi connectivity index (χ1n) is 6.93. The van der Waals surface area contributed by atoms with E-state index in [-0.39, 0.29) is 17.9 Å². The molecule has 0 spiro atoms. The van der Waals surface area contributed by atoms with E-state index in [2.05, 4.69) is 10.1 Å². The van der Waals surface area contributed by atoms with E-state index < -0.39 is 0 Å². The van der Waals surface area contributed by atoms with E-state index in [1.165, 1.54) is 0 Å². The first-order valence-corrected chi connectivity index (χ1v) is 6.93. The lowest BCUT2D eigenvalue weighted by molar-refractivity contribution is -0.131. The highest BCUT2D eigenvalue weighted by atomic mass is 16.5. The van der Waals surface area contributed by atoms with Crippen LogP contribution in [0.15, 0.2) is 4.52 Å². The molecule has 2 N–H and O–H groups in total. The molecule has 1 saturated heterocycles. The maximum Gasteiger partial charge on any atom is 0.227 e. The van der Waals surface area contributed by atoms with Crippen LogP contribution >= 0.6 is 0 Å². The maximum atomic E-state index is 12.1. The van der Waals surface area contributed by atoms with Crippen LogP contribution < -0.4 is 5.73 Å². The average molecular weight is 266 g/mol. The molecule has 0 saturated carbocycles. The molecule has 1 unspecified atom stereocenters. The summed E-state index contributed by atoms with van der Waals surface area (Å²) in [6.45, 7) is 5.39. The van der Waals surface area contributed by atoms with Gasteiger partial charge in [0.05, 0.1) is 0 Å². The van der Waals surface area contributed by atoms with Crippen molar-refractivity contribution in [1.29, 1.82) is 0 Å². The monoisotopic (exact) mass is 266 g/mol. The van der Waals surface area contributed by atoms with Crippen LogP contribution in [0.4, 0.5) is 0 Å². The predicted molar refractivity (Wildman–Crippen MR) is 70.5 cm³/mol. The summed E-state index contributed by atoms with van der Waals surface area (Å²) in [4.78, 5) is 18.3. The molecule has 6 heteroatoms.